The van der Waals surface area contributed by atoms with E-state index >= 15 is 0 Å². The molecule has 1 amide bonds. The second-order valence-corrected chi connectivity index (χ2v) is 7.24. The van der Waals surface area contributed by atoms with Gasteiger partial charge < -0.3 is 5.32 Å². The van der Waals surface area contributed by atoms with Crippen molar-refractivity contribution in [3.63, 3.8) is 0 Å². The number of amides is 1. The van der Waals surface area contributed by atoms with E-state index in [1.54, 1.807) is 13.8 Å². The number of rotatable bonds is 5. The summed E-state index contributed by atoms with van der Waals surface area (Å²) in [6.07, 6.45) is 0. The smallest absolute Gasteiger partial charge is 0.234 e. The van der Waals surface area contributed by atoms with E-state index in [-0.39, 0.29) is 11.7 Å². The highest BCUT2D eigenvalue weighted by Gasteiger charge is 2.17. The number of anilines is 1. The van der Waals surface area contributed by atoms with E-state index in [0.717, 1.165) is 17.1 Å². The Morgan fingerprint density at radius 2 is 1.86 bits per heavy atom. The summed E-state index contributed by atoms with van der Waals surface area (Å²) >= 11 is 1.23. The Morgan fingerprint density at radius 1 is 1.14 bits per heavy atom. The molecule has 0 unspecified atom stereocenters. The summed E-state index contributed by atoms with van der Waals surface area (Å²) in [4.78, 5) is 21.0. The van der Waals surface area contributed by atoms with Crippen LogP contribution in [0.15, 0.2) is 35.4 Å². The molecule has 1 aromatic carbocycles. The number of thioether (sulfide) groups is 1. The van der Waals surface area contributed by atoms with Crippen LogP contribution in [0.2, 0.25) is 0 Å². The average molecular weight is 392 g/mol. The van der Waals surface area contributed by atoms with Gasteiger partial charge in [-0.3, -0.25) is 4.79 Å². The van der Waals surface area contributed by atoms with Crippen molar-refractivity contribution in [1.82, 2.24) is 19.7 Å². The Bertz CT molecular complexity index is 1070. The van der Waals surface area contributed by atoms with Crippen LogP contribution in [0, 0.1) is 39.0 Å². The molecule has 0 saturated carbocycles. The highest BCUT2D eigenvalue weighted by Crippen LogP contribution is 2.25. The first-order valence-corrected chi connectivity index (χ1v) is 9.69. The van der Waals surface area contributed by atoms with Gasteiger partial charge in [0.2, 0.25) is 5.91 Å². The van der Waals surface area contributed by atoms with Gasteiger partial charge in [-0.1, -0.05) is 30.0 Å². The predicted molar refractivity (Wildman–Crippen MR) is 109 cm³/mol. The largest absolute Gasteiger partial charge is 0.322 e. The van der Waals surface area contributed by atoms with Crippen LogP contribution in [0.4, 0.5) is 5.69 Å². The standard InChI is InChI=1S/C20H20N6OS/c1-12-17(10-21)20(23-15(4)22-12)28-11-18(27)24-19-13(2)25-26(14(19)3)16-8-6-5-7-9-16/h5-9H,11H2,1-4H3,(H,24,27). The molecular formula is C20H20N6OS. The minimum absolute atomic E-state index is 0.139. The maximum atomic E-state index is 12.5. The van der Waals surface area contributed by atoms with E-state index in [0.29, 0.717) is 27.8 Å². The average Bonchev–Trinajstić information content (AvgIpc) is 2.95. The van der Waals surface area contributed by atoms with Gasteiger partial charge >= 0.3 is 0 Å². The lowest BCUT2D eigenvalue weighted by atomic mass is 10.3. The first-order valence-electron chi connectivity index (χ1n) is 8.70. The van der Waals surface area contributed by atoms with E-state index in [1.165, 1.54) is 11.8 Å². The number of carbonyl (C=O) groups excluding carboxylic acids is 1. The van der Waals surface area contributed by atoms with Gasteiger partial charge in [-0.15, -0.1) is 0 Å². The number of nitriles is 1. The third kappa shape index (κ3) is 4.05. The van der Waals surface area contributed by atoms with Crippen LogP contribution in [0.25, 0.3) is 5.69 Å². The van der Waals surface area contributed by atoms with Crippen LogP contribution >= 0.6 is 11.8 Å². The molecule has 0 fully saturated rings. The maximum Gasteiger partial charge on any atom is 0.234 e. The van der Waals surface area contributed by atoms with Crippen molar-refractivity contribution in [2.45, 2.75) is 32.7 Å². The first-order chi connectivity index (χ1) is 13.4. The summed E-state index contributed by atoms with van der Waals surface area (Å²) in [6.45, 7) is 7.31. The van der Waals surface area contributed by atoms with E-state index in [4.69, 9.17) is 0 Å². The Kier molecular flexibility index (Phi) is 5.76. The third-order valence-electron chi connectivity index (χ3n) is 4.18. The fourth-order valence-electron chi connectivity index (χ4n) is 2.87. The highest BCUT2D eigenvalue weighted by molar-refractivity contribution is 8.00. The number of aryl methyl sites for hydroxylation is 3. The molecule has 3 rings (SSSR count). The van der Waals surface area contributed by atoms with Crippen LogP contribution in [0.5, 0.6) is 0 Å². The maximum absolute atomic E-state index is 12.5. The Hall–Kier alpha value is -3.18. The molecule has 2 heterocycles. The molecule has 0 bridgehead atoms. The monoisotopic (exact) mass is 392 g/mol. The zero-order chi connectivity index (χ0) is 20.3. The number of hydrogen-bond donors (Lipinski definition) is 1. The van der Waals surface area contributed by atoms with Crippen LogP contribution in [-0.4, -0.2) is 31.4 Å². The molecule has 0 atom stereocenters. The Morgan fingerprint density at radius 3 is 2.54 bits per heavy atom. The molecule has 3 aromatic rings. The zero-order valence-electron chi connectivity index (χ0n) is 16.1. The van der Waals surface area contributed by atoms with Crippen molar-refractivity contribution >= 4 is 23.4 Å². The van der Waals surface area contributed by atoms with Gasteiger partial charge in [0.1, 0.15) is 22.5 Å². The molecule has 142 valence electrons. The number of hydrogen-bond acceptors (Lipinski definition) is 6. The first kappa shape index (κ1) is 19.6. The molecule has 2 aromatic heterocycles. The number of nitrogens with zero attached hydrogens (tertiary/aromatic N) is 5. The lowest BCUT2D eigenvalue weighted by Crippen LogP contribution is -2.15. The summed E-state index contributed by atoms with van der Waals surface area (Å²) < 4.78 is 1.81. The van der Waals surface area contributed by atoms with Crippen LogP contribution in [0.1, 0.15) is 28.5 Å². The number of aromatic nitrogens is 4. The Labute approximate surface area is 167 Å². The Balaban J connectivity index is 1.75. The third-order valence-corrected chi connectivity index (χ3v) is 5.15. The molecule has 8 heteroatoms. The van der Waals surface area contributed by atoms with Crippen LogP contribution < -0.4 is 5.32 Å². The normalized spacial score (nSPS) is 10.5. The van der Waals surface area contributed by atoms with E-state index in [2.05, 4.69) is 26.5 Å². The molecule has 0 saturated heterocycles. The van der Waals surface area contributed by atoms with Gasteiger partial charge in [0.25, 0.3) is 0 Å². The predicted octanol–water partition coefficient (Wildman–Crippen LogP) is 3.50. The summed E-state index contributed by atoms with van der Waals surface area (Å²) in [7, 11) is 0. The molecule has 28 heavy (non-hydrogen) atoms. The topological polar surface area (TPSA) is 96.5 Å². The molecule has 0 spiro atoms. The number of benzene rings is 1. The van der Waals surface area contributed by atoms with E-state index < -0.39 is 0 Å². The lowest BCUT2D eigenvalue weighted by Gasteiger charge is -2.08. The van der Waals surface area contributed by atoms with E-state index in [1.807, 2.05) is 48.9 Å². The summed E-state index contributed by atoms with van der Waals surface area (Å²) in [5, 5.41) is 17.3. The molecule has 0 aliphatic rings. The number of para-hydroxylation sites is 1. The minimum atomic E-state index is -0.179. The molecule has 0 aliphatic carbocycles. The summed E-state index contributed by atoms with van der Waals surface area (Å²) in [5.41, 5.74) is 4.26. The molecule has 1 N–H and O–H groups in total. The SMILES string of the molecule is Cc1nc(C)c(C#N)c(SCC(=O)Nc2c(C)nn(-c3ccccc3)c2C)n1. The van der Waals surface area contributed by atoms with Gasteiger partial charge in [-0.05, 0) is 39.8 Å². The molecule has 0 radical (unpaired) electrons. The number of carbonyl (C=O) groups is 1. The zero-order valence-corrected chi connectivity index (χ0v) is 17.0. The van der Waals surface area contributed by atoms with Gasteiger partial charge in [0, 0.05) is 0 Å². The second-order valence-electron chi connectivity index (χ2n) is 6.28. The van der Waals surface area contributed by atoms with E-state index in [9.17, 15) is 10.1 Å². The second kappa shape index (κ2) is 8.23. The van der Waals surface area contributed by atoms with Gasteiger partial charge in [-0.25, -0.2) is 14.6 Å². The fourth-order valence-corrected chi connectivity index (χ4v) is 3.74. The van der Waals surface area contributed by atoms with Crippen molar-refractivity contribution in [1.29, 1.82) is 5.26 Å². The van der Waals surface area contributed by atoms with Crippen molar-refractivity contribution in [2.24, 2.45) is 0 Å². The van der Waals surface area contributed by atoms with Crippen LogP contribution in [0.3, 0.4) is 0 Å². The quantitative estimate of drug-likeness (QED) is 0.527. The van der Waals surface area contributed by atoms with Crippen LogP contribution in [-0.2, 0) is 4.79 Å². The summed E-state index contributed by atoms with van der Waals surface area (Å²) in [6, 6.07) is 11.9. The molecule has 7 nitrogen and oxygen atoms in total. The number of nitrogens with one attached hydrogen (secondary N) is 1. The minimum Gasteiger partial charge on any atom is -0.322 e. The summed E-state index contributed by atoms with van der Waals surface area (Å²) in [5.74, 6) is 0.539. The van der Waals surface area contributed by atoms with Gasteiger partial charge in [-0.2, -0.15) is 10.4 Å². The highest BCUT2D eigenvalue weighted by atomic mass is 32.2. The van der Waals surface area contributed by atoms with Crippen molar-refractivity contribution < 1.29 is 4.79 Å². The van der Waals surface area contributed by atoms with Gasteiger partial charge in [0.05, 0.1) is 34.2 Å². The fraction of sp³-hybridized carbons (Fsp3) is 0.250. The van der Waals surface area contributed by atoms with Gasteiger partial charge in [0.15, 0.2) is 0 Å². The van der Waals surface area contributed by atoms with Crippen molar-refractivity contribution in [2.75, 3.05) is 11.1 Å². The molecular weight excluding hydrogens is 372 g/mol. The lowest BCUT2D eigenvalue weighted by molar-refractivity contribution is -0.113. The van der Waals surface area contributed by atoms with Crippen molar-refractivity contribution in [3.8, 4) is 11.8 Å². The van der Waals surface area contributed by atoms with Crippen molar-refractivity contribution in [3.05, 3.63) is 58.8 Å². The molecule has 0 aliphatic heterocycles.